The molecule has 0 atom stereocenters. The Labute approximate surface area is 184 Å². The summed E-state index contributed by atoms with van der Waals surface area (Å²) in [5.74, 6) is 1.47. The number of rotatable bonds is 6. The molecule has 7 nitrogen and oxygen atoms in total. The first-order chi connectivity index (χ1) is 15.5. The molecule has 7 heteroatoms. The van der Waals surface area contributed by atoms with Crippen LogP contribution >= 0.6 is 0 Å². The summed E-state index contributed by atoms with van der Waals surface area (Å²) in [6.45, 7) is 0. The molecule has 0 radical (unpaired) electrons. The minimum absolute atomic E-state index is 0.166. The van der Waals surface area contributed by atoms with Crippen LogP contribution in [0.15, 0.2) is 75.9 Å². The number of methoxy groups -OCH3 is 3. The van der Waals surface area contributed by atoms with E-state index in [0.717, 1.165) is 0 Å². The fraction of sp³-hybridized carbons (Fsp3) is 0.120. The average molecular weight is 431 g/mol. The number of carbonyl (C=O) groups excluding carboxylic acids is 1. The third-order valence-corrected chi connectivity index (χ3v) is 5.02. The van der Waals surface area contributed by atoms with Gasteiger partial charge in [-0.25, -0.2) is 0 Å². The summed E-state index contributed by atoms with van der Waals surface area (Å²) in [4.78, 5) is 25.4. The first-order valence-electron chi connectivity index (χ1n) is 9.78. The number of benzene rings is 3. The molecule has 4 aromatic rings. The second-order valence-corrected chi connectivity index (χ2v) is 6.91. The van der Waals surface area contributed by atoms with Crippen molar-refractivity contribution in [2.75, 3.05) is 26.6 Å². The van der Waals surface area contributed by atoms with Crippen LogP contribution < -0.4 is 25.0 Å². The average Bonchev–Trinajstić information content (AvgIpc) is 2.83. The third kappa shape index (κ3) is 4.00. The zero-order chi connectivity index (χ0) is 22.7. The van der Waals surface area contributed by atoms with Crippen molar-refractivity contribution in [1.82, 2.24) is 0 Å². The molecular formula is C25H21NO6. The molecule has 0 saturated carbocycles. The van der Waals surface area contributed by atoms with Gasteiger partial charge in [-0.2, -0.15) is 0 Å². The van der Waals surface area contributed by atoms with Crippen molar-refractivity contribution in [2.45, 2.75) is 0 Å². The van der Waals surface area contributed by atoms with Crippen LogP contribution in [-0.2, 0) is 0 Å². The number of anilines is 1. The van der Waals surface area contributed by atoms with Crippen LogP contribution in [0.1, 0.15) is 10.4 Å². The maximum absolute atomic E-state index is 12.8. The quantitative estimate of drug-likeness (QED) is 0.475. The highest BCUT2D eigenvalue weighted by molar-refractivity contribution is 6.08. The predicted octanol–water partition coefficient (Wildman–Crippen LogP) is 4.74. The van der Waals surface area contributed by atoms with E-state index in [-0.39, 0.29) is 11.3 Å². The maximum atomic E-state index is 12.8. The lowest BCUT2D eigenvalue weighted by molar-refractivity contribution is 0.102. The van der Waals surface area contributed by atoms with Gasteiger partial charge < -0.3 is 23.9 Å². The van der Waals surface area contributed by atoms with Crippen LogP contribution in [0.2, 0.25) is 0 Å². The van der Waals surface area contributed by atoms with Gasteiger partial charge >= 0.3 is 0 Å². The Morgan fingerprint density at radius 2 is 1.53 bits per heavy atom. The molecule has 0 aliphatic carbocycles. The molecule has 1 heterocycles. The van der Waals surface area contributed by atoms with Gasteiger partial charge in [0.25, 0.3) is 5.91 Å². The summed E-state index contributed by atoms with van der Waals surface area (Å²) in [7, 11) is 4.53. The van der Waals surface area contributed by atoms with Gasteiger partial charge in [-0.1, -0.05) is 6.07 Å². The fourth-order valence-electron chi connectivity index (χ4n) is 3.39. The van der Waals surface area contributed by atoms with E-state index in [1.54, 1.807) is 67.8 Å². The standard InChI is InChI=1S/C25H21NO6/c1-29-17-11-12-20-18(13-17)19(27)14-23(32-20)15-7-9-16(10-8-15)26-25(28)24-21(30-2)5-4-6-22(24)31-3/h4-14H,1-3H3,(H,26,28). The number of ether oxygens (including phenoxy) is 3. The zero-order valence-electron chi connectivity index (χ0n) is 17.8. The molecule has 1 amide bonds. The van der Waals surface area contributed by atoms with Crippen LogP contribution in [0.4, 0.5) is 5.69 Å². The van der Waals surface area contributed by atoms with Gasteiger partial charge in [0.1, 0.15) is 34.2 Å². The Bertz CT molecular complexity index is 1320. The number of carbonyl (C=O) groups is 1. The molecule has 1 aromatic heterocycles. The van der Waals surface area contributed by atoms with E-state index in [1.807, 2.05) is 0 Å². The van der Waals surface area contributed by atoms with Crippen LogP contribution in [0.5, 0.6) is 17.2 Å². The van der Waals surface area contributed by atoms with Crippen LogP contribution in [0, 0.1) is 0 Å². The minimum atomic E-state index is -0.363. The Morgan fingerprint density at radius 1 is 0.844 bits per heavy atom. The summed E-state index contributed by atoms with van der Waals surface area (Å²) in [5, 5.41) is 3.28. The van der Waals surface area contributed by atoms with Gasteiger partial charge in [0.05, 0.1) is 26.7 Å². The molecule has 1 N–H and O–H groups in total. The molecule has 0 aliphatic heterocycles. The Kier molecular flexibility index (Phi) is 5.81. The number of fused-ring (bicyclic) bond motifs is 1. The normalized spacial score (nSPS) is 10.6. The summed E-state index contributed by atoms with van der Waals surface area (Å²) < 4.78 is 21.7. The summed E-state index contributed by atoms with van der Waals surface area (Å²) in [6.07, 6.45) is 0. The van der Waals surface area contributed by atoms with Crippen LogP contribution in [-0.4, -0.2) is 27.2 Å². The molecule has 0 aliphatic rings. The summed E-state index contributed by atoms with van der Waals surface area (Å²) >= 11 is 0. The van der Waals surface area contributed by atoms with Crippen LogP contribution in [0.25, 0.3) is 22.3 Å². The van der Waals surface area contributed by atoms with Crippen molar-refractivity contribution >= 4 is 22.6 Å². The molecule has 0 spiro atoms. The lowest BCUT2D eigenvalue weighted by atomic mass is 10.1. The van der Waals surface area contributed by atoms with E-state index >= 15 is 0 Å². The third-order valence-electron chi connectivity index (χ3n) is 5.02. The summed E-state index contributed by atoms with van der Waals surface area (Å²) in [6, 6.07) is 18.7. The first-order valence-corrected chi connectivity index (χ1v) is 9.78. The highest BCUT2D eigenvalue weighted by Gasteiger charge is 2.18. The molecule has 162 valence electrons. The van der Waals surface area contributed by atoms with Crippen LogP contribution in [0.3, 0.4) is 0 Å². The van der Waals surface area contributed by atoms with Gasteiger partial charge in [-0.05, 0) is 54.6 Å². The monoisotopic (exact) mass is 431 g/mol. The van der Waals surface area contributed by atoms with Gasteiger partial charge in [0, 0.05) is 17.3 Å². The van der Waals surface area contributed by atoms with E-state index in [9.17, 15) is 9.59 Å². The van der Waals surface area contributed by atoms with Crippen molar-refractivity contribution in [2.24, 2.45) is 0 Å². The van der Waals surface area contributed by atoms with E-state index in [1.165, 1.54) is 20.3 Å². The zero-order valence-corrected chi connectivity index (χ0v) is 17.8. The fourth-order valence-corrected chi connectivity index (χ4v) is 3.39. The predicted molar refractivity (Wildman–Crippen MR) is 122 cm³/mol. The molecule has 3 aromatic carbocycles. The van der Waals surface area contributed by atoms with E-state index in [0.29, 0.717) is 50.8 Å². The number of hydrogen-bond acceptors (Lipinski definition) is 6. The second-order valence-electron chi connectivity index (χ2n) is 6.91. The van der Waals surface area contributed by atoms with Crippen molar-refractivity contribution in [3.8, 4) is 28.6 Å². The van der Waals surface area contributed by atoms with Gasteiger partial charge in [-0.3, -0.25) is 9.59 Å². The number of nitrogens with one attached hydrogen (secondary N) is 1. The summed E-state index contributed by atoms with van der Waals surface area (Å²) in [5.41, 5.74) is 1.87. The highest BCUT2D eigenvalue weighted by Crippen LogP contribution is 2.30. The van der Waals surface area contributed by atoms with Gasteiger partial charge in [0.15, 0.2) is 5.43 Å². The highest BCUT2D eigenvalue weighted by atomic mass is 16.5. The largest absolute Gasteiger partial charge is 0.497 e. The smallest absolute Gasteiger partial charge is 0.263 e. The van der Waals surface area contributed by atoms with Gasteiger partial charge in [-0.15, -0.1) is 0 Å². The van der Waals surface area contributed by atoms with Crippen molar-refractivity contribution in [1.29, 1.82) is 0 Å². The van der Waals surface area contributed by atoms with Crippen molar-refractivity contribution in [3.63, 3.8) is 0 Å². The number of amides is 1. The number of hydrogen-bond donors (Lipinski definition) is 1. The molecule has 0 fully saturated rings. The van der Waals surface area contributed by atoms with E-state index < -0.39 is 0 Å². The van der Waals surface area contributed by atoms with Crippen molar-refractivity contribution in [3.05, 3.63) is 82.5 Å². The molecule has 0 unspecified atom stereocenters. The molecule has 32 heavy (non-hydrogen) atoms. The van der Waals surface area contributed by atoms with E-state index in [2.05, 4.69) is 5.32 Å². The topological polar surface area (TPSA) is 87.0 Å². The van der Waals surface area contributed by atoms with E-state index in [4.69, 9.17) is 18.6 Å². The lowest BCUT2D eigenvalue weighted by Crippen LogP contribution is -2.14. The Hall–Kier alpha value is -4.26. The lowest BCUT2D eigenvalue weighted by Gasteiger charge is -2.13. The van der Waals surface area contributed by atoms with Crippen molar-refractivity contribution < 1.29 is 23.4 Å². The molecule has 4 rings (SSSR count). The Morgan fingerprint density at radius 3 is 2.16 bits per heavy atom. The molecular weight excluding hydrogens is 410 g/mol. The molecule has 0 bridgehead atoms. The SMILES string of the molecule is COc1ccc2oc(-c3ccc(NC(=O)c4c(OC)cccc4OC)cc3)cc(=O)c2c1. The first kappa shape index (κ1) is 21.0. The second kappa shape index (κ2) is 8.85. The molecule has 0 saturated heterocycles. The maximum Gasteiger partial charge on any atom is 0.263 e. The minimum Gasteiger partial charge on any atom is -0.497 e. The Balaban J connectivity index is 1.60. The van der Waals surface area contributed by atoms with Gasteiger partial charge in [0.2, 0.25) is 0 Å².